The Morgan fingerprint density at radius 1 is 1.00 bits per heavy atom. The zero-order valence-corrected chi connectivity index (χ0v) is 2.16. The van der Waals surface area contributed by atoms with Crippen molar-refractivity contribution in [2.24, 2.45) is 0 Å². The molecule has 0 bridgehead atoms. The zero-order valence-electron chi connectivity index (χ0n) is 1.06. The summed E-state index contributed by atoms with van der Waals surface area (Å²) in [5.41, 5.74) is 0. The van der Waals surface area contributed by atoms with Gasteiger partial charge in [-0.3, -0.25) is 0 Å². The summed E-state index contributed by atoms with van der Waals surface area (Å²) in [5.74, 6) is 0. The van der Waals surface area contributed by atoms with Gasteiger partial charge >= 0.3 is 142 Å². The Bertz CT molecular complexity index is 15.5. The number of hydrogen-bond donors (Lipinski definition) is 1. The van der Waals surface area contributed by atoms with Crippen molar-refractivity contribution in [3.05, 3.63) is 0 Å². The van der Waals surface area contributed by atoms with Crippen LogP contribution in [0.1, 0.15) is 0 Å². The molecule has 0 radical (unpaired) electrons. The van der Waals surface area contributed by atoms with Gasteiger partial charge in [-0.1, -0.05) is 0 Å². The molecule has 28 valence electrons. The Morgan fingerprint density at radius 2 is 1.00 bits per heavy atom. The van der Waals surface area contributed by atoms with Crippen molar-refractivity contribution in [1.29, 1.82) is 0 Å². The van der Waals surface area contributed by atoms with E-state index in [-0.39, 0.29) is 165 Å². The number of hydrogen-bond acceptors (Lipinski definition) is 1. The fourth-order valence-corrected chi connectivity index (χ4v) is 0. The van der Waals surface area contributed by atoms with Crippen LogP contribution in [0, 0.1) is 0 Å². The Kier molecular flexibility index (Phi) is 232. The molecule has 0 aliphatic carbocycles. The van der Waals surface area contributed by atoms with Crippen LogP contribution in [-0.2, 0) is 17.1 Å². The van der Waals surface area contributed by atoms with Gasteiger partial charge in [-0.15, -0.1) is 0 Å². The fraction of sp³-hybridized carbons (Fsp3) is 0. The molecule has 0 atom stereocenters. The summed E-state index contributed by atoms with van der Waals surface area (Å²) in [4.78, 5) is 0. The molecule has 0 aliphatic rings. The molecular weight excluding hydrogens is 196 g/mol. The van der Waals surface area contributed by atoms with Crippen molar-refractivity contribution >= 4 is 142 Å². The summed E-state index contributed by atoms with van der Waals surface area (Å²) >= 11 is 0. The average molecular weight is 205 g/mol. The molecule has 0 rings (SSSR count). The third-order valence-electron chi connectivity index (χ3n) is 0. The molecule has 0 heterocycles. The van der Waals surface area contributed by atoms with E-state index in [1.165, 1.54) is 0 Å². The standard InChI is InChI=1S/Ca.Fe.K.Mg.H3N.Na.6H/h;;;;1H3;;;;;;;. The number of rotatable bonds is 0. The van der Waals surface area contributed by atoms with Gasteiger partial charge in [0.2, 0.25) is 0 Å². The van der Waals surface area contributed by atoms with Gasteiger partial charge in [0.15, 0.2) is 0 Å². The van der Waals surface area contributed by atoms with E-state index in [1.54, 1.807) is 0 Å². The Labute approximate surface area is 160 Å². The second-order valence-electron chi connectivity index (χ2n) is 0. The molecule has 0 unspecified atom stereocenters. The van der Waals surface area contributed by atoms with Gasteiger partial charge in [0, 0.05) is 17.1 Å². The first-order chi connectivity index (χ1) is 0. The molecule has 6 heteroatoms. The molecule has 0 aromatic carbocycles. The summed E-state index contributed by atoms with van der Waals surface area (Å²) in [7, 11) is 0. The molecule has 6 heavy (non-hydrogen) atoms. The van der Waals surface area contributed by atoms with E-state index in [0.29, 0.717) is 0 Å². The molecule has 0 aromatic rings. The van der Waals surface area contributed by atoms with E-state index in [9.17, 15) is 0 Å². The maximum atomic E-state index is 0. The van der Waals surface area contributed by atoms with E-state index >= 15 is 0 Å². The van der Waals surface area contributed by atoms with Gasteiger partial charge in [0.1, 0.15) is 0 Å². The van der Waals surface area contributed by atoms with Crippen molar-refractivity contribution < 1.29 is 17.1 Å². The van der Waals surface area contributed by atoms with E-state index in [4.69, 9.17) is 0 Å². The van der Waals surface area contributed by atoms with E-state index in [0.717, 1.165) is 0 Å². The first-order valence-corrected chi connectivity index (χ1v) is 0. The second kappa shape index (κ2) is 32.1. The maximum absolute atomic E-state index is 0. The SMILES string of the molecule is N.[CaH2].[Fe].[KH].[MgH2].[NaH]. The third-order valence-corrected chi connectivity index (χ3v) is 0. The minimum absolute atomic E-state index is 0. The molecule has 0 aliphatic heterocycles. The van der Waals surface area contributed by atoms with Crippen LogP contribution < -0.4 is 6.15 Å². The normalized spacial score (nSPS) is 0. The van der Waals surface area contributed by atoms with Crippen molar-refractivity contribution in [3.63, 3.8) is 0 Å². The minimum atomic E-state index is 0. The van der Waals surface area contributed by atoms with Gasteiger partial charge in [0.25, 0.3) is 0 Å². The van der Waals surface area contributed by atoms with Crippen LogP contribution in [0.25, 0.3) is 0 Å². The average Bonchev–Trinajstić information content (AvgIpc) is 0. The summed E-state index contributed by atoms with van der Waals surface area (Å²) in [6.07, 6.45) is 0. The quantitative estimate of drug-likeness (QED) is 0.421. The van der Waals surface area contributed by atoms with Gasteiger partial charge in [-0.2, -0.15) is 0 Å². The Morgan fingerprint density at radius 3 is 1.00 bits per heavy atom. The predicted molar refractivity (Wildman–Crippen MR) is 36.4 cm³/mol. The van der Waals surface area contributed by atoms with Gasteiger partial charge in [0.05, 0.1) is 0 Å². The van der Waals surface area contributed by atoms with E-state index < -0.39 is 0 Å². The van der Waals surface area contributed by atoms with Crippen molar-refractivity contribution in [2.45, 2.75) is 0 Å². The fourth-order valence-electron chi connectivity index (χ4n) is 0. The summed E-state index contributed by atoms with van der Waals surface area (Å²) in [5, 5.41) is 0. The van der Waals surface area contributed by atoms with Gasteiger partial charge < -0.3 is 6.15 Å². The first-order valence-electron chi connectivity index (χ1n) is 0. The molecule has 0 amide bonds. The molecule has 0 aromatic heterocycles. The topological polar surface area (TPSA) is 35.0 Å². The molecular formula is H9CaFeKMgNNa. The molecule has 1 nitrogen and oxygen atoms in total. The second-order valence-corrected chi connectivity index (χ2v) is 0. The van der Waals surface area contributed by atoms with E-state index in [2.05, 4.69) is 0 Å². The molecule has 3 N–H and O–H groups in total. The summed E-state index contributed by atoms with van der Waals surface area (Å²) in [6.45, 7) is 0. The van der Waals surface area contributed by atoms with Crippen LogP contribution in [0.3, 0.4) is 0 Å². The van der Waals surface area contributed by atoms with Crippen LogP contribution in [0.5, 0.6) is 0 Å². The van der Waals surface area contributed by atoms with Crippen molar-refractivity contribution in [2.75, 3.05) is 0 Å². The molecule has 0 fully saturated rings. The van der Waals surface area contributed by atoms with Crippen molar-refractivity contribution in [3.8, 4) is 0 Å². The van der Waals surface area contributed by atoms with Gasteiger partial charge in [-0.25, -0.2) is 0 Å². The summed E-state index contributed by atoms with van der Waals surface area (Å²) in [6, 6.07) is 0. The van der Waals surface area contributed by atoms with Crippen LogP contribution in [0.15, 0.2) is 0 Å². The van der Waals surface area contributed by atoms with Crippen molar-refractivity contribution in [1.82, 2.24) is 6.15 Å². The van der Waals surface area contributed by atoms with Crippen LogP contribution in [-0.4, -0.2) is 142 Å². The first kappa shape index (κ1) is 43.3. The van der Waals surface area contributed by atoms with Gasteiger partial charge in [-0.05, 0) is 0 Å². The molecule has 0 saturated heterocycles. The van der Waals surface area contributed by atoms with Crippen LogP contribution >= 0.6 is 0 Å². The van der Waals surface area contributed by atoms with Crippen LogP contribution in [0.4, 0.5) is 0 Å². The Hall–Kier alpha value is 5.14. The molecule has 0 spiro atoms. The zero-order chi connectivity index (χ0) is 0. The third kappa shape index (κ3) is 22.9. The Balaban J connectivity index is 0. The predicted octanol–water partition coefficient (Wildman–Crippen LogP) is -2.97. The molecule has 0 saturated carbocycles. The van der Waals surface area contributed by atoms with Crippen LogP contribution in [0.2, 0.25) is 0 Å². The monoisotopic (exact) mass is 205 g/mol. The summed E-state index contributed by atoms with van der Waals surface area (Å²) < 4.78 is 0. The van der Waals surface area contributed by atoms with E-state index in [1.807, 2.05) is 0 Å².